The largest absolute Gasteiger partial charge is 0.478 e. The number of aliphatic carboxylic acids is 1. The van der Waals surface area contributed by atoms with Gasteiger partial charge in [-0.25, -0.2) is 14.3 Å². The molecule has 15 nitrogen and oxygen atoms in total. The standard InChI is InChI=1S/C20H21N7O8/c1-9(28)22-16-12(23-25-21)6-15(20(33)34)35-18(16)17(30)14(29)8-27-7-13(24-26-27)10-2-4-11(5-3-10)19(31)32/h2-7,12,14,16-18,29-30H,8H2,1H3,(H,22,28)(H,31,32)(H,33,34)/t12-,14+,16+,17+,18+/m0/s1. The molecule has 1 aliphatic heterocycles. The molecule has 35 heavy (non-hydrogen) atoms. The van der Waals surface area contributed by atoms with Crippen molar-refractivity contribution in [1.29, 1.82) is 0 Å². The average Bonchev–Trinajstić information content (AvgIpc) is 3.27. The van der Waals surface area contributed by atoms with E-state index in [1.807, 2.05) is 0 Å². The van der Waals surface area contributed by atoms with Crippen LogP contribution in [0.15, 0.2) is 47.4 Å². The smallest absolute Gasteiger partial charge is 0.370 e. The Morgan fingerprint density at radius 3 is 2.49 bits per heavy atom. The number of azide groups is 1. The molecule has 5 atom stereocenters. The monoisotopic (exact) mass is 487 g/mol. The van der Waals surface area contributed by atoms with E-state index in [0.29, 0.717) is 11.3 Å². The van der Waals surface area contributed by atoms with Crippen LogP contribution in [0, 0.1) is 0 Å². The van der Waals surface area contributed by atoms with Crippen LogP contribution >= 0.6 is 0 Å². The van der Waals surface area contributed by atoms with Gasteiger partial charge in [0.25, 0.3) is 0 Å². The van der Waals surface area contributed by atoms with Crippen molar-refractivity contribution in [2.45, 2.75) is 43.9 Å². The summed E-state index contributed by atoms with van der Waals surface area (Å²) in [6, 6.07) is 3.48. The Labute approximate surface area is 196 Å². The van der Waals surface area contributed by atoms with Crippen LogP contribution in [-0.4, -0.2) is 83.7 Å². The van der Waals surface area contributed by atoms with Gasteiger partial charge >= 0.3 is 11.9 Å². The van der Waals surface area contributed by atoms with Crippen LogP contribution in [0.5, 0.6) is 0 Å². The van der Waals surface area contributed by atoms with E-state index in [2.05, 4.69) is 25.7 Å². The second-order valence-electron chi connectivity index (χ2n) is 7.61. The van der Waals surface area contributed by atoms with Gasteiger partial charge in [0.05, 0.1) is 30.4 Å². The lowest BCUT2D eigenvalue weighted by Crippen LogP contribution is -2.59. The number of benzene rings is 1. The quantitative estimate of drug-likeness (QED) is 0.179. The molecule has 0 unspecified atom stereocenters. The number of aromatic nitrogens is 3. The van der Waals surface area contributed by atoms with Gasteiger partial charge in [0.2, 0.25) is 11.7 Å². The summed E-state index contributed by atoms with van der Waals surface area (Å²) in [4.78, 5) is 36.7. The fourth-order valence-electron chi connectivity index (χ4n) is 3.51. The van der Waals surface area contributed by atoms with Crippen molar-refractivity contribution in [3.05, 3.63) is 58.3 Å². The average molecular weight is 487 g/mol. The molecular weight excluding hydrogens is 466 g/mol. The Morgan fingerprint density at radius 2 is 1.91 bits per heavy atom. The number of aliphatic hydroxyl groups excluding tert-OH is 2. The minimum atomic E-state index is -1.74. The van der Waals surface area contributed by atoms with Gasteiger partial charge in [-0.15, -0.1) is 5.10 Å². The van der Waals surface area contributed by atoms with Gasteiger partial charge in [-0.3, -0.25) is 4.79 Å². The van der Waals surface area contributed by atoms with E-state index in [1.165, 1.54) is 42.1 Å². The maximum atomic E-state index is 11.7. The van der Waals surface area contributed by atoms with Crippen molar-refractivity contribution in [3.8, 4) is 11.3 Å². The molecule has 1 aliphatic rings. The second kappa shape index (κ2) is 10.6. The lowest BCUT2D eigenvalue weighted by Gasteiger charge is -2.38. The van der Waals surface area contributed by atoms with Crippen LogP contribution in [0.4, 0.5) is 0 Å². The van der Waals surface area contributed by atoms with Gasteiger partial charge < -0.3 is 30.5 Å². The molecule has 1 aromatic heterocycles. The number of hydrogen-bond acceptors (Lipinski definition) is 9. The van der Waals surface area contributed by atoms with Crippen molar-refractivity contribution in [2.75, 3.05) is 0 Å². The Bertz CT molecular complexity index is 1190. The number of aliphatic hydroxyl groups is 2. The molecule has 0 radical (unpaired) electrons. The van der Waals surface area contributed by atoms with Crippen molar-refractivity contribution >= 4 is 17.8 Å². The highest BCUT2D eigenvalue weighted by Gasteiger charge is 2.43. The number of nitrogens with one attached hydrogen (secondary N) is 1. The highest BCUT2D eigenvalue weighted by molar-refractivity contribution is 5.88. The molecule has 2 heterocycles. The highest BCUT2D eigenvalue weighted by Crippen LogP contribution is 2.25. The molecule has 1 amide bonds. The SMILES string of the molecule is CC(=O)N[C@H]1[C@H]([C@H](O)[C@H](O)Cn2cc(-c3ccc(C(=O)O)cc3)nn2)OC(C(=O)O)=C[C@@H]1N=[N+]=[N-]. The van der Waals surface area contributed by atoms with Crippen molar-refractivity contribution in [1.82, 2.24) is 20.3 Å². The molecule has 3 rings (SSSR count). The Hall–Kier alpha value is -4.46. The minimum absolute atomic E-state index is 0.0923. The first-order valence-electron chi connectivity index (χ1n) is 10.1. The van der Waals surface area contributed by atoms with Crippen LogP contribution in [0.3, 0.4) is 0 Å². The molecule has 2 aromatic rings. The fourth-order valence-corrected chi connectivity index (χ4v) is 3.51. The summed E-state index contributed by atoms with van der Waals surface area (Å²) in [6.45, 7) is 0.871. The van der Waals surface area contributed by atoms with Gasteiger partial charge in [0.15, 0.2) is 0 Å². The van der Waals surface area contributed by atoms with Crippen LogP contribution < -0.4 is 5.32 Å². The van der Waals surface area contributed by atoms with Crippen LogP contribution in [0.2, 0.25) is 0 Å². The number of amides is 1. The maximum Gasteiger partial charge on any atom is 0.370 e. The third-order valence-electron chi connectivity index (χ3n) is 5.14. The molecule has 0 saturated carbocycles. The number of ether oxygens (including phenoxy) is 1. The second-order valence-corrected chi connectivity index (χ2v) is 7.61. The number of aromatic carboxylic acids is 1. The number of carboxylic acid groups (broad SMARTS) is 2. The Balaban J connectivity index is 1.79. The minimum Gasteiger partial charge on any atom is -0.478 e. The van der Waals surface area contributed by atoms with Crippen molar-refractivity contribution in [2.24, 2.45) is 5.11 Å². The van der Waals surface area contributed by atoms with Crippen LogP contribution in [-0.2, 0) is 20.9 Å². The van der Waals surface area contributed by atoms with Gasteiger partial charge in [0.1, 0.15) is 24.0 Å². The first-order valence-corrected chi connectivity index (χ1v) is 10.1. The van der Waals surface area contributed by atoms with Crippen LogP contribution in [0.25, 0.3) is 21.7 Å². The predicted octanol–water partition coefficient (Wildman–Crippen LogP) is -0.0840. The maximum absolute atomic E-state index is 11.7. The Morgan fingerprint density at radius 1 is 1.23 bits per heavy atom. The molecule has 5 N–H and O–H groups in total. The molecule has 0 fully saturated rings. The number of carbonyl (C=O) groups excluding carboxylic acids is 1. The molecule has 1 aromatic carbocycles. The van der Waals surface area contributed by atoms with E-state index in [1.54, 1.807) is 0 Å². The topological polar surface area (TPSA) is 233 Å². The summed E-state index contributed by atoms with van der Waals surface area (Å²) in [5.41, 5.74) is 9.85. The van der Waals surface area contributed by atoms with Crippen LogP contribution in [0.1, 0.15) is 17.3 Å². The number of rotatable bonds is 9. The zero-order valence-corrected chi connectivity index (χ0v) is 18.2. The third kappa shape index (κ3) is 5.92. The summed E-state index contributed by atoms with van der Waals surface area (Å²) in [7, 11) is 0. The normalized spacial score (nSPS) is 21.0. The number of carboxylic acids is 2. The summed E-state index contributed by atoms with van der Waals surface area (Å²) in [6.07, 6.45) is -2.34. The summed E-state index contributed by atoms with van der Waals surface area (Å²) in [5.74, 6) is -3.76. The first kappa shape index (κ1) is 25.2. The van der Waals surface area contributed by atoms with E-state index < -0.39 is 54.0 Å². The first-order chi connectivity index (χ1) is 16.6. The summed E-state index contributed by atoms with van der Waals surface area (Å²) in [5, 5.41) is 53.5. The van der Waals surface area contributed by atoms with E-state index in [4.69, 9.17) is 15.4 Å². The molecule has 0 aliphatic carbocycles. The molecule has 15 heteroatoms. The van der Waals surface area contributed by atoms with Gasteiger partial charge in [-0.2, -0.15) is 0 Å². The Kier molecular flexibility index (Phi) is 7.66. The summed E-state index contributed by atoms with van der Waals surface area (Å²) >= 11 is 0. The van der Waals surface area contributed by atoms with Crippen molar-refractivity contribution in [3.63, 3.8) is 0 Å². The van der Waals surface area contributed by atoms with Gasteiger partial charge in [-0.1, -0.05) is 22.5 Å². The zero-order valence-electron chi connectivity index (χ0n) is 18.2. The molecule has 0 spiro atoms. The highest BCUT2D eigenvalue weighted by atomic mass is 16.5. The van der Waals surface area contributed by atoms with E-state index in [-0.39, 0.29) is 12.1 Å². The van der Waals surface area contributed by atoms with Crippen molar-refractivity contribution < 1.29 is 39.5 Å². The summed E-state index contributed by atoms with van der Waals surface area (Å²) < 4.78 is 6.54. The lowest BCUT2D eigenvalue weighted by atomic mass is 9.92. The fraction of sp³-hybridized carbons (Fsp3) is 0.350. The number of carbonyl (C=O) groups is 3. The zero-order chi connectivity index (χ0) is 25.7. The number of hydrogen-bond donors (Lipinski definition) is 5. The molecular formula is C20H21N7O8. The lowest BCUT2D eigenvalue weighted by molar-refractivity contribution is -0.145. The number of nitrogens with zero attached hydrogens (tertiary/aromatic N) is 6. The molecule has 0 saturated heterocycles. The van der Waals surface area contributed by atoms with Gasteiger partial charge in [-0.05, 0) is 23.7 Å². The van der Waals surface area contributed by atoms with E-state index in [9.17, 15) is 29.7 Å². The molecule has 0 bridgehead atoms. The predicted molar refractivity (Wildman–Crippen MR) is 116 cm³/mol. The third-order valence-corrected chi connectivity index (χ3v) is 5.14. The van der Waals surface area contributed by atoms with E-state index in [0.717, 1.165) is 6.08 Å². The van der Waals surface area contributed by atoms with Gasteiger partial charge in [0, 0.05) is 17.4 Å². The molecule has 184 valence electrons. The van der Waals surface area contributed by atoms with E-state index >= 15 is 0 Å².